The van der Waals surface area contributed by atoms with Gasteiger partial charge in [-0.25, -0.2) is 10.2 Å². The van der Waals surface area contributed by atoms with Gasteiger partial charge in [0.1, 0.15) is 0 Å². The number of benzene rings is 1. The number of aromatic nitrogens is 4. The van der Waals surface area contributed by atoms with E-state index in [9.17, 15) is 24.8 Å². The van der Waals surface area contributed by atoms with Crippen LogP contribution < -0.4 is 16.7 Å². The second kappa shape index (κ2) is 10.2. The molecule has 0 aliphatic rings. The summed E-state index contributed by atoms with van der Waals surface area (Å²) >= 11 is 0. The number of fused-ring (bicyclic) bond motifs is 1. The first kappa shape index (κ1) is 24.5. The number of aliphatic hydroxyl groups is 1. The van der Waals surface area contributed by atoms with Gasteiger partial charge in [-0.3, -0.25) is 24.0 Å². The molecule has 34 heavy (non-hydrogen) atoms. The molecular weight excluding hydrogens is 446 g/mol. The van der Waals surface area contributed by atoms with Crippen molar-refractivity contribution in [2.45, 2.75) is 19.6 Å². The number of ether oxygens (including phenoxy) is 1. The van der Waals surface area contributed by atoms with Crippen LogP contribution in [0.5, 0.6) is 0 Å². The van der Waals surface area contributed by atoms with Crippen LogP contribution in [0.4, 0.5) is 11.6 Å². The fourth-order valence-electron chi connectivity index (χ4n) is 3.28. The Labute approximate surface area is 193 Å². The molecule has 180 valence electrons. The number of hydrazone groups is 1. The quantitative estimate of drug-likeness (QED) is 0.144. The highest BCUT2D eigenvalue weighted by Crippen LogP contribution is 2.17. The summed E-state index contributed by atoms with van der Waals surface area (Å²) in [7, 11) is 2.84. The summed E-state index contributed by atoms with van der Waals surface area (Å²) in [6, 6.07) is 5.84. The maximum absolute atomic E-state index is 12.9. The Hall–Kier alpha value is -4.10. The third-order valence-electron chi connectivity index (χ3n) is 5.11. The predicted octanol–water partition coefficient (Wildman–Crippen LogP) is 0.741. The molecule has 0 aliphatic heterocycles. The molecule has 0 amide bonds. The van der Waals surface area contributed by atoms with Crippen LogP contribution in [0.25, 0.3) is 11.2 Å². The first-order valence-electron chi connectivity index (χ1n) is 10.2. The minimum Gasteiger partial charge on any atom is -0.389 e. The van der Waals surface area contributed by atoms with Gasteiger partial charge in [0.2, 0.25) is 5.95 Å². The zero-order chi connectivity index (χ0) is 25.0. The number of hydrogen-bond acceptors (Lipinski definition) is 9. The van der Waals surface area contributed by atoms with Crippen LogP contribution in [0.2, 0.25) is 0 Å². The highest BCUT2D eigenvalue weighted by molar-refractivity contribution is 5.99. The van der Waals surface area contributed by atoms with Crippen molar-refractivity contribution in [1.29, 1.82) is 0 Å². The second-order valence-electron chi connectivity index (χ2n) is 7.52. The summed E-state index contributed by atoms with van der Waals surface area (Å²) in [5.41, 5.74) is 2.96. The molecule has 13 nitrogen and oxygen atoms in total. The summed E-state index contributed by atoms with van der Waals surface area (Å²) in [6.45, 7) is 5.42. The van der Waals surface area contributed by atoms with Gasteiger partial charge < -0.3 is 14.4 Å². The fourth-order valence-corrected chi connectivity index (χ4v) is 3.28. The predicted molar refractivity (Wildman–Crippen MR) is 126 cm³/mol. The van der Waals surface area contributed by atoms with E-state index in [0.29, 0.717) is 11.3 Å². The van der Waals surface area contributed by atoms with Gasteiger partial charge in [-0.15, -0.1) is 6.58 Å². The standard InChI is InChI=1S/C21H25N7O6/c1-5-10-34-12-16(29)11-27-17-18(25(3)21(31)26(4)19(17)30)22-20(27)24-23-13(2)14-6-8-15(9-7-14)28(32)33/h5-9,16,29H,1,10-12H2,2-4H3,(H,22,24)/b23-13+. The Morgan fingerprint density at radius 1 is 1.32 bits per heavy atom. The largest absolute Gasteiger partial charge is 0.389 e. The van der Waals surface area contributed by atoms with Crippen molar-refractivity contribution in [3.05, 3.63) is 73.4 Å². The molecule has 0 aliphatic carbocycles. The maximum Gasteiger partial charge on any atom is 0.332 e. The monoisotopic (exact) mass is 471 g/mol. The van der Waals surface area contributed by atoms with E-state index in [1.54, 1.807) is 25.1 Å². The number of nitrogens with one attached hydrogen (secondary N) is 1. The molecule has 0 saturated heterocycles. The van der Waals surface area contributed by atoms with Gasteiger partial charge in [0.05, 0.1) is 36.5 Å². The average Bonchev–Trinajstić information content (AvgIpc) is 3.18. The molecule has 0 radical (unpaired) electrons. The zero-order valence-electron chi connectivity index (χ0n) is 19.0. The van der Waals surface area contributed by atoms with Crippen molar-refractivity contribution >= 4 is 28.5 Å². The number of anilines is 1. The lowest BCUT2D eigenvalue weighted by atomic mass is 10.1. The minimum absolute atomic E-state index is 0.0116. The fraction of sp³-hybridized carbons (Fsp3) is 0.333. The summed E-state index contributed by atoms with van der Waals surface area (Å²) in [5.74, 6) is 0.123. The molecular formula is C21H25N7O6. The maximum atomic E-state index is 12.9. The third-order valence-corrected chi connectivity index (χ3v) is 5.11. The highest BCUT2D eigenvalue weighted by Gasteiger charge is 2.21. The van der Waals surface area contributed by atoms with Crippen molar-refractivity contribution in [2.24, 2.45) is 19.2 Å². The summed E-state index contributed by atoms with van der Waals surface area (Å²) in [5, 5.41) is 25.6. The Kier molecular flexibility index (Phi) is 7.38. The zero-order valence-corrected chi connectivity index (χ0v) is 19.0. The smallest absolute Gasteiger partial charge is 0.332 e. The number of hydrogen-bond donors (Lipinski definition) is 2. The van der Waals surface area contributed by atoms with E-state index >= 15 is 0 Å². The van der Waals surface area contributed by atoms with Gasteiger partial charge in [0.15, 0.2) is 11.2 Å². The lowest BCUT2D eigenvalue weighted by Crippen LogP contribution is -2.38. The average molecular weight is 471 g/mol. The van der Waals surface area contributed by atoms with E-state index in [2.05, 4.69) is 22.1 Å². The van der Waals surface area contributed by atoms with Crippen LogP contribution in [-0.4, -0.2) is 53.7 Å². The summed E-state index contributed by atoms with van der Waals surface area (Å²) < 4.78 is 8.91. The number of aryl methyl sites for hydroxylation is 1. The molecule has 0 spiro atoms. The van der Waals surface area contributed by atoms with Crippen LogP contribution in [0.15, 0.2) is 51.6 Å². The Morgan fingerprint density at radius 3 is 2.62 bits per heavy atom. The number of nitro groups is 1. The van der Waals surface area contributed by atoms with Gasteiger partial charge >= 0.3 is 5.69 Å². The molecule has 2 N–H and O–H groups in total. The van der Waals surface area contributed by atoms with Gasteiger partial charge in [0, 0.05) is 26.2 Å². The molecule has 2 aromatic heterocycles. The lowest BCUT2D eigenvalue weighted by molar-refractivity contribution is -0.384. The molecule has 13 heteroatoms. The molecule has 1 unspecified atom stereocenters. The number of rotatable bonds is 10. The van der Waals surface area contributed by atoms with E-state index in [-0.39, 0.29) is 42.6 Å². The number of nitro benzene ring substituents is 1. The number of aliphatic hydroxyl groups excluding tert-OH is 1. The van der Waals surface area contributed by atoms with Gasteiger partial charge in [-0.1, -0.05) is 6.08 Å². The molecule has 3 rings (SSSR count). The van der Waals surface area contributed by atoms with E-state index in [4.69, 9.17) is 4.74 Å². The van der Waals surface area contributed by atoms with Gasteiger partial charge in [-0.05, 0) is 24.6 Å². The Morgan fingerprint density at radius 2 is 2.00 bits per heavy atom. The van der Waals surface area contributed by atoms with E-state index < -0.39 is 22.3 Å². The molecule has 1 atom stereocenters. The molecule has 1 aromatic carbocycles. The van der Waals surface area contributed by atoms with Crippen molar-refractivity contribution in [3.63, 3.8) is 0 Å². The third kappa shape index (κ3) is 4.94. The molecule has 0 fully saturated rings. The SMILES string of the molecule is C=CCOCC(O)Cn1c(N/N=C(\C)c2ccc([N+](=O)[O-])cc2)nc2c1c(=O)n(C)c(=O)n2C. The summed E-state index contributed by atoms with van der Waals surface area (Å²) in [6.07, 6.45) is 0.563. The van der Waals surface area contributed by atoms with Gasteiger partial charge in [-0.2, -0.15) is 10.1 Å². The van der Waals surface area contributed by atoms with Crippen LogP contribution in [0.1, 0.15) is 12.5 Å². The number of imidazole rings is 1. The first-order valence-corrected chi connectivity index (χ1v) is 10.2. The van der Waals surface area contributed by atoms with Crippen LogP contribution >= 0.6 is 0 Å². The van der Waals surface area contributed by atoms with Gasteiger partial charge in [0.25, 0.3) is 11.2 Å². The second-order valence-corrected chi connectivity index (χ2v) is 7.52. The van der Waals surface area contributed by atoms with Crippen LogP contribution in [0, 0.1) is 10.1 Å². The van der Waals surface area contributed by atoms with E-state index in [1.807, 2.05) is 0 Å². The molecule has 2 heterocycles. The summed E-state index contributed by atoms with van der Waals surface area (Å²) in [4.78, 5) is 39.9. The molecule has 0 bridgehead atoms. The highest BCUT2D eigenvalue weighted by atomic mass is 16.6. The minimum atomic E-state index is -0.986. The van der Waals surface area contributed by atoms with Crippen molar-refractivity contribution in [1.82, 2.24) is 18.7 Å². The molecule has 3 aromatic rings. The van der Waals surface area contributed by atoms with Crippen molar-refractivity contribution < 1.29 is 14.8 Å². The van der Waals surface area contributed by atoms with Crippen LogP contribution in [0.3, 0.4) is 0 Å². The molecule has 0 saturated carbocycles. The van der Waals surface area contributed by atoms with Crippen molar-refractivity contribution in [2.75, 3.05) is 18.6 Å². The number of nitrogens with zero attached hydrogens (tertiary/aromatic N) is 6. The number of non-ortho nitro benzene ring substituents is 1. The Bertz CT molecular complexity index is 1370. The Balaban J connectivity index is 2.02. The van der Waals surface area contributed by atoms with Crippen LogP contribution in [-0.2, 0) is 25.4 Å². The first-order chi connectivity index (χ1) is 16.1. The van der Waals surface area contributed by atoms with E-state index in [0.717, 1.165) is 4.57 Å². The van der Waals surface area contributed by atoms with Crippen molar-refractivity contribution in [3.8, 4) is 0 Å². The normalized spacial score (nSPS) is 12.6. The lowest BCUT2D eigenvalue weighted by Gasteiger charge is -2.14. The van der Waals surface area contributed by atoms with E-state index in [1.165, 1.54) is 35.4 Å². The topological polar surface area (TPSA) is 159 Å².